The Morgan fingerprint density at radius 2 is 1.88 bits per heavy atom. The van der Waals surface area contributed by atoms with E-state index in [1.807, 2.05) is 12.1 Å². The monoisotopic (exact) mass is 352 g/mol. The number of halogens is 1. The van der Waals surface area contributed by atoms with Gasteiger partial charge in [0.05, 0.1) is 11.4 Å². The van der Waals surface area contributed by atoms with Crippen LogP contribution in [0.2, 0.25) is 0 Å². The Morgan fingerprint density at radius 1 is 1.12 bits per heavy atom. The van der Waals surface area contributed by atoms with Crippen LogP contribution < -0.4 is 5.32 Å². The molecule has 1 aliphatic rings. The maximum Gasteiger partial charge on any atom is 0.126 e. The first-order chi connectivity index (χ1) is 12.7. The molecular weight excluding hydrogens is 331 g/mol. The van der Waals surface area contributed by atoms with Gasteiger partial charge in [0, 0.05) is 50.7 Å². The van der Waals surface area contributed by atoms with Crippen LogP contribution in [0, 0.1) is 12.7 Å². The van der Waals surface area contributed by atoms with E-state index in [9.17, 15) is 4.39 Å². The molecule has 1 saturated heterocycles. The molecule has 0 unspecified atom stereocenters. The van der Waals surface area contributed by atoms with Crippen molar-refractivity contribution < 1.29 is 4.39 Å². The second-order valence-corrected chi connectivity index (χ2v) is 6.49. The summed E-state index contributed by atoms with van der Waals surface area (Å²) in [7, 11) is 0. The molecule has 1 aromatic carbocycles. The van der Waals surface area contributed by atoms with E-state index < -0.39 is 0 Å². The molecule has 3 heterocycles. The topological polar surface area (TPSA) is 58.9 Å². The molecule has 1 N–H and O–H groups in total. The highest BCUT2D eigenvalue weighted by atomic mass is 19.1. The van der Waals surface area contributed by atoms with E-state index in [1.165, 1.54) is 6.07 Å². The molecule has 0 aliphatic carbocycles. The van der Waals surface area contributed by atoms with Crippen molar-refractivity contribution in [1.82, 2.24) is 30.2 Å². The molecular formula is C19H21FN6. The molecule has 26 heavy (non-hydrogen) atoms. The lowest BCUT2D eigenvalue weighted by Crippen LogP contribution is -2.43. The fourth-order valence-corrected chi connectivity index (χ4v) is 3.24. The minimum absolute atomic E-state index is 0.222. The van der Waals surface area contributed by atoms with E-state index in [1.54, 1.807) is 36.1 Å². The summed E-state index contributed by atoms with van der Waals surface area (Å²) in [4.78, 5) is 6.48. The zero-order chi connectivity index (χ0) is 17.9. The largest absolute Gasteiger partial charge is 0.314 e. The zero-order valence-corrected chi connectivity index (χ0v) is 14.7. The third-order valence-corrected chi connectivity index (χ3v) is 4.66. The van der Waals surface area contributed by atoms with Crippen molar-refractivity contribution in [3.8, 4) is 16.9 Å². The lowest BCUT2D eigenvalue weighted by atomic mass is 10.1. The number of rotatable bonds is 4. The van der Waals surface area contributed by atoms with E-state index in [-0.39, 0.29) is 5.82 Å². The molecule has 2 aromatic heterocycles. The smallest absolute Gasteiger partial charge is 0.126 e. The Balaban J connectivity index is 1.77. The molecule has 6 nitrogen and oxygen atoms in total. The third-order valence-electron chi connectivity index (χ3n) is 4.66. The lowest BCUT2D eigenvalue weighted by Gasteiger charge is -2.26. The molecule has 0 amide bonds. The molecule has 7 heteroatoms. The predicted molar refractivity (Wildman–Crippen MR) is 97.4 cm³/mol. The van der Waals surface area contributed by atoms with Gasteiger partial charge in [-0.2, -0.15) is 0 Å². The van der Waals surface area contributed by atoms with E-state index in [0.717, 1.165) is 55.4 Å². The number of pyridine rings is 1. The van der Waals surface area contributed by atoms with Gasteiger partial charge in [-0.15, -0.1) is 5.10 Å². The first kappa shape index (κ1) is 16.8. The molecule has 0 saturated carbocycles. The van der Waals surface area contributed by atoms with Gasteiger partial charge in [0.15, 0.2) is 0 Å². The van der Waals surface area contributed by atoms with E-state index in [2.05, 4.69) is 25.5 Å². The maximum atomic E-state index is 13.7. The highest BCUT2D eigenvalue weighted by Gasteiger charge is 2.20. The minimum Gasteiger partial charge on any atom is -0.314 e. The lowest BCUT2D eigenvalue weighted by molar-refractivity contribution is 0.231. The second-order valence-electron chi connectivity index (χ2n) is 6.49. The standard InChI is InChI=1S/C19H21FN6/c1-14-12-16(2-3-17(14)20)26-19(15-4-6-21-7-5-15)18(23-24-26)13-25-10-8-22-9-11-25/h2-7,12,22H,8-11,13H2,1H3. The number of aryl methyl sites for hydroxylation is 1. The molecule has 0 radical (unpaired) electrons. The Kier molecular flexibility index (Phi) is 4.73. The zero-order valence-electron chi connectivity index (χ0n) is 14.7. The summed E-state index contributed by atoms with van der Waals surface area (Å²) in [6, 6.07) is 8.90. The summed E-state index contributed by atoms with van der Waals surface area (Å²) in [5.74, 6) is -0.222. The number of hydrogen-bond donors (Lipinski definition) is 1. The average Bonchev–Trinajstić information content (AvgIpc) is 3.09. The Labute approximate surface area is 151 Å². The van der Waals surface area contributed by atoms with Crippen LogP contribution in [0.25, 0.3) is 16.9 Å². The second kappa shape index (κ2) is 7.31. The van der Waals surface area contributed by atoms with Gasteiger partial charge in [-0.3, -0.25) is 9.88 Å². The molecule has 134 valence electrons. The number of piperazine rings is 1. The first-order valence-electron chi connectivity index (χ1n) is 8.77. The van der Waals surface area contributed by atoms with Crippen molar-refractivity contribution >= 4 is 0 Å². The number of benzene rings is 1. The van der Waals surface area contributed by atoms with E-state index in [4.69, 9.17) is 0 Å². The molecule has 3 aromatic rings. The number of aromatic nitrogens is 4. The van der Waals surface area contributed by atoms with E-state index in [0.29, 0.717) is 5.56 Å². The summed E-state index contributed by atoms with van der Waals surface area (Å²) in [6.07, 6.45) is 3.52. The van der Waals surface area contributed by atoms with Crippen LogP contribution >= 0.6 is 0 Å². The highest BCUT2D eigenvalue weighted by molar-refractivity contribution is 5.63. The summed E-state index contributed by atoms with van der Waals surface area (Å²) in [5.41, 5.74) is 4.23. The van der Waals surface area contributed by atoms with Crippen LogP contribution in [-0.4, -0.2) is 51.1 Å². The maximum absolute atomic E-state index is 13.7. The number of nitrogens with one attached hydrogen (secondary N) is 1. The van der Waals surface area contributed by atoms with Gasteiger partial charge >= 0.3 is 0 Å². The number of nitrogens with zero attached hydrogens (tertiary/aromatic N) is 5. The average molecular weight is 352 g/mol. The van der Waals surface area contributed by atoms with Crippen LogP contribution in [0.4, 0.5) is 4.39 Å². The highest BCUT2D eigenvalue weighted by Crippen LogP contribution is 2.26. The van der Waals surface area contributed by atoms with E-state index >= 15 is 0 Å². The van der Waals surface area contributed by atoms with Crippen LogP contribution in [0.3, 0.4) is 0 Å². The quantitative estimate of drug-likeness (QED) is 0.780. The Bertz CT molecular complexity index is 886. The Hall–Kier alpha value is -2.64. The van der Waals surface area contributed by atoms with Crippen molar-refractivity contribution in [3.05, 3.63) is 59.8 Å². The van der Waals surface area contributed by atoms with Crippen molar-refractivity contribution in [1.29, 1.82) is 0 Å². The van der Waals surface area contributed by atoms with Gasteiger partial charge in [0.25, 0.3) is 0 Å². The van der Waals surface area contributed by atoms with Gasteiger partial charge in [-0.05, 0) is 42.8 Å². The summed E-state index contributed by atoms with van der Waals surface area (Å²) < 4.78 is 15.5. The van der Waals surface area contributed by atoms with Crippen molar-refractivity contribution in [2.75, 3.05) is 26.2 Å². The van der Waals surface area contributed by atoms with Gasteiger partial charge in [0.2, 0.25) is 0 Å². The Morgan fingerprint density at radius 3 is 2.62 bits per heavy atom. The SMILES string of the molecule is Cc1cc(-n2nnc(CN3CCNCC3)c2-c2ccncc2)ccc1F. The first-order valence-corrected chi connectivity index (χ1v) is 8.77. The minimum atomic E-state index is -0.222. The van der Waals surface area contributed by atoms with Crippen molar-refractivity contribution in [3.63, 3.8) is 0 Å². The number of hydrogen-bond acceptors (Lipinski definition) is 5. The van der Waals surface area contributed by atoms with Crippen molar-refractivity contribution in [2.24, 2.45) is 0 Å². The van der Waals surface area contributed by atoms with Crippen LogP contribution in [0.1, 0.15) is 11.3 Å². The van der Waals surface area contributed by atoms with Crippen LogP contribution in [0.5, 0.6) is 0 Å². The molecule has 0 spiro atoms. The van der Waals surface area contributed by atoms with Gasteiger partial charge in [-0.25, -0.2) is 9.07 Å². The van der Waals surface area contributed by atoms with Gasteiger partial charge < -0.3 is 5.32 Å². The van der Waals surface area contributed by atoms with Gasteiger partial charge in [0.1, 0.15) is 11.5 Å². The molecule has 4 rings (SSSR count). The van der Waals surface area contributed by atoms with Crippen LogP contribution in [-0.2, 0) is 6.54 Å². The van der Waals surface area contributed by atoms with Gasteiger partial charge in [-0.1, -0.05) is 5.21 Å². The molecule has 1 aliphatic heterocycles. The summed E-state index contributed by atoms with van der Waals surface area (Å²) in [6.45, 7) is 6.42. The van der Waals surface area contributed by atoms with Crippen LogP contribution in [0.15, 0.2) is 42.7 Å². The fraction of sp³-hybridized carbons (Fsp3) is 0.316. The predicted octanol–water partition coefficient (Wildman–Crippen LogP) is 2.18. The molecule has 0 atom stereocenters. The van der Waals surface area contributed by atoms with Crippen molar-refractivity contribution in [2.45, 2.75) is 13.5 Å². The fourth-order valence-electron chi connectivity index (χ4n) is 3.24. The normalized spacial score (nSPS) is 15.3. The summed E-state index contributed by atoms with van der Waals surface area (Å²) in [5, 5.41) is 12.2. The molecule has 1 fully saturated rings. The third kappa shape index (κ3) is 3.36. The summed E-state index contributed by atoms with van der Waals surface area (Å²) >= 11 is 0. The molecule has 0 bridgehead atoms.